The van der Waals surface area contributed by atoms with Crippen LogP contribution in [0.5, 0.6) is 0 Å². The van der Waals surface area contributed by atoms with Gasteiger partial charge in [-0.05, 0) is 135 Å². The van der Waals surface area contributed by atoms with Gasteiger partial charge in [0.25, 0.3) is 0 Å². The maximum absolute atomic E-state index is 10.6. The van der Waals surface area contributed by atoms with E-state index in [0.717, 1.165) is 66.7 Å². The molecule has 3 aliphatic rings. The second-order valence-corrected chi connectivity index (χ2v) is 25.5. The van der Waals surface area contributed by atoms with E-state index in [1.54, 1.807) is 21.3 Å². The van der Waals surface area contributed by atoms with Gasteiger partial charge in [-0.3, -0.25) is 0 Å². The molecule has 69 heavy (non-hydrogen) atoms. The predicted molar refractivity (Wildman–Crippen MR) is 298 cm³/mol. The van der Waals surface area contributed by atoms with E-state index in [2.05, 4.69) is 124 Å². The lowest BCUT2D eigenvalue weighted by atomic mass is 9.97. The number of hydrogen-bond donors (Lipinski definition) is 2. The lowest BCUT2D eigenvalue weighted by Gasteiger charge is -2.19. The van der Waals surface area contributed by atoms with Crippen molar-refractivity contribution in [3.05, 3.63) is 9.47 Å². The Balaban J connectivity index is 0. The minimum Gasteiger partial charge on any atom is -0.378 e. The van der Waals surface area contributed by atoms with Crippen molar-refractivity contribution >= 4 is 64.6 Å². The van der Waals surface area contributed by atoms with Crippen molar-refractivity contribution in [2.45, 2.75) is 216 Å². The molecule has 0 radical (unpaired) electrons. The summed E-state index contributed by atoms with van der Waals surface area (Å²) in [7, 11) is 8.08. The third kappa shape index (κ3) is 30.5. The quantitative estimate of drug-likeness (QED) is 0.0606. The van der Waals surface area contributed by atoms with Crippen LogP contribution in [-0.2, 0) is 46.8 Å². The van der Waals surface area contributed by atoms with Gasteiger partial charge in [0.1, 0.15) is 30.5 Å². The summed E-state index contributed by atoms with van der Waals surface area (Å²) in [5.74, 6) is 13.0. The molecule has 3 saturated heterocycles. The summed E-state index contributed by atoms with van der Waals surface area (Å²) >= 11 is 6.72. The molecule has 2 N–H and O–H groups in total. The number of rotatable bonds is 22. The molecule has 3 aliphatic heterocycles. The molecule has 17 atom stereocenters. The summed E-state index contributed by atoms with van der Waals surface area (Å²) in [6.45, 7) is 30.4. The number of aldehydes is 1. The van der Waals surface area contributed by atoms with E-state index in [9.17, 15) is 15.0 Å². The van der Waals surface area contributed by atoms with E-state index in [4.69, 9.17) is 43.4 Å². The van der Waals surface area contributed by atoms with E-state index in [1.165, 1.54) is 7.40 Å². The molecule has 0 amide bonds. The summed E-state index contributed by atoms with van der Waals surface area (Å²) < 4.78 is 56.4. The maximum atomic E-state index is 10.6. The first-order valence-electron chi connectivity index (χ1n) is 25.5. The zero-order chi connectivity index (χ0) is 54.3. The van der Waals surface area contributed by atoms with E-state index in [1.807, 2.05) is 41.5 Å². The Morgan fingerprint density at radius 3 is 1.28 bits per heavy atom. The topological polar surface area (TPSA) is 141 Å². The molecule has 0 aromatic rings. The fraction of sp³-hybridized carbons (Fsp3) is 0.865. The second kappa shape index (κ2) is 38.0. The summed E-state index contributed by atoms with van der Waals surface area (Å²) in [5.41, 5.74) is 0. The van der Waals surface area contributed by atoms with Gasteiger partial charge in [0.15, 0.2) is 23.6 Å². The third-order valence-corrected chi connectivity index (χ3v) is 15.5. The largest absolute Gasteiger partial charge is 0.378 e. The van der Waals surface area contributed by atoms with Crippen LogP contribution in [0.4, 0.5) is 0 Å². The number of hydrogen-bond acceptors (Lipinski definition) is 12. The van der Waals surface area contributed by atoms with Crippen LogP contribution in [0.3, 0.4) is 0 Å². The van der Waals surface area contributed by atoms with Gasteiger partial charge in [0.05, 0.1) is 21.7 Å². The molecule has 5 unspecified atom stereocenters. The fourth-order valence-electron chi connectivity index (χ4n) is 7.19. The summed E-state index contributed by atoms with van der Waals surface area (Å²) in [6.07, 6.45) is 8.78. The van der Waals surface area contributed by atoms with E-state index < -0.39 is 29.6 Å². The van der Waals surface area contributed by atoms with Gasteiger partial charge in [-0.15, -0.1) is 0 Å². The Labute approximate surface area is 445 Å². The smallest absolute Gasteiger partial charge is 0.164 e. The number of allylic oxidation sites excluding steroid dienone is 1. The molecule has 0 aromatic heterocycles. The summed E-state index contributed by atoms with van der Waals surface area (Å²) in [4.78, 5) is 10.6. The van der Waals surface area contributed by atoms with Crippen LogP contribution in [-0.4, -0.2) is 123 Å². The normalized spacial score (nSPS) is 26.9. The summed E-state index contributed by atoms with van der Waals surface area (Å²) in [6, 6.07) is 0. The zero-order valence-electron chi connectivity index (χ0n) is 46.8. The first-order valence-corrected chi connectivity index (χ1v) is 29.4. The van der Waals surface area contributed by atoms with Crippen molar-refractivity contribution in [2.75, 3.05) is 39.8 Å². The van der Waals surface area contributed by atoms with E-state index in [-0.39, 0.29) is 48.5 Å². The maximum Gasteiger partial charge on any atom is 0.164 e. The molecule has 0 saturated carbocycles. The first-order chi connectivity index (χ1) is 32.8. The van der Waals surface area contributed by atoms with Crippen molar-refractivity contribution in [3.8, 4) is 23.7 Å². The standard InChI is InChI=1S/2C17H31O4P.C9H16O3.C8H15Br2OP.CH4/c2*1-7-8-15-16(21-17(4,5)20-15)14(18)10-9-12(2)13(3)11-22-19-6;1-4-5-7-8(6-10)12-9(2,3)11-7;1-6(4-8(9)10)7(2)5-12-11-3;/h2*12-16,18,22H,7-8,11H2,1-6H3;6-8H,4-5H2,1-3H3;4,6-7,12H,5H2,1-3H3;1H4/t2*12-,13+,14?,15+,16-;7-,8+;6-,7+;/m1101./s1/i;;;;1T. The van der Waals surface area contributed by atoms with Crippen molar-refractivity contribution < 1.29 is 58.4 Å². The molecule has 3 fully saturated rings. The van der Waals surface area contributed by atoms with Gasteiger partial charge in [-0.25, -0.2) is 0 Å². The van der Waals surface area contributed by atoms with Gasteiger partial charge >= 0.3 is 0 Å². The molecular weight excluding hydrogens is 1070 g/mol. The molecule has 0 spiro atoms. The van der Waals surface area contributed by atoms with Crippen LogP contribution in [0.2, 0.25) is 0 Å². The van der Waals surface area contributed by atoms with Gasteiger partial charge in [0.2, 0.25) is 0 Å². The molecule has 406 valence electrons. The first kappa shape index (κ1) is 69.3. The van der Waals surface area contributed by atoms with Crippen molar-refractivity contribution in [1.29, 1.82) is 0 Å². The number of ether oxygens (including phenoxy) is 6. The number of aliphatic hydroxyl groups excluding tert-OH is 2. The van der Waals surface area contributed by atoms with Gasteiger partial charge in [-0.2, -0.15) is 0 Å². The Morgan fingerprint density at radius 2 is 0.942 bits per heavy atom. The molecule has 17 heteroatoms. The number of halogens is 2. The fourth-order valence-corrected chi connectivity index (χ4v) is 10.4. The Kier molecular flexibility index (Phi) is 38.2. The number of aliphatic hydroxyl groups is 2. The van der Waals surface area contributed by atoms with Gasteiger partial charge in [0, 0.05) is 61.0 Å². The van der Waals surface area contributed by atoms with E-state index >= 15 is 0 Å². The molecule has 0 aromatic carbocycles. The van der Waals surface area contributed by atoms with Gasteiger partial charge < -0.3 is 57.0 Å². The predicted octanol–water partition coefficient (Wildman–Crippen LogP) is 12.6. The average molecular weight is 1170 g/mol. The number of carbonyl (C=O) groups is 1. The minimum atomic E-state index is -0.808. The van der Waals surface area contributed by atoms with Crippen LogP contribution in [0.15, 0.2) is 9.47 Å². The average Bonchev–Trinajstić information content (AvgIpc) is 3.91. The highest BCUT2D eigenvalue weighted by atomic mass is 79.9. The summed E-state index contributed by atoms with van der Waals surface area (Å²) in [5, 5.41) is 20.8. The lowest BCUT2D eigenvalue weighted by Crippen LogP contribution is -2.34. The molecule has 0 aliphatic carbocycles. The third-order valence-electron chi connectivity index (χ3n) is 11.7. The minimum absolute atomic E-state index is 0.0532. The molecular formula is C52H97Br2O12P3. The van der Waals surface area contributed by atoms with E-state index in [0.29, 0.717) is 50.1 Å². The lowest BCUT2D eigenvalue weighted by molar-refractivity contribution is -0.152. The molecule has 0 bridgehead atoms. The van der Waals surface area contributed by atoms with Crippen molar-refractivity contribution in [2.24, 2.45) is 35.5 Å². The monoisotopic (exact) mass is 1170 g/mol. The van der Waals surface area contributed by atoms with Crippen molar-refractivity contribution in [3.63, 3.8) is 0 Å². The molecule has 3 heterocycles. The highest BCUT2D eigenvalue weighted by Crippen LogP contribution is 2.34. The second-order valence-electron chi connectivity index (χ2n) is 19.4. The highest BCUT2D eigenvalue weighted by molar-refractivity contribution is 9.28. The van der Waals surface area contributed by atoms with Crippen LogP contribution < -0.4 is 0 Å². The van der Waals surface area contributed by atoms with Crippen LogP contribution in [0.1, 0.15) is 151 Å². The van der Waals surface area contributed by atoms with Crippen molar-refractivity contribution in [1.82, 2.24) is 0 Å². The SMILES string of the molecule is CCC[C@@H]1OC(C)(C)O[C@@H]1C(O)C#C[C@@H](C)[C@@H](C)CPOC.CCC[C@@H]1OC(C)(C)O[C@@H]1C(O)C#C[C@@H](C)[C@@H](C)CPOC.CCC[C@@H]1OC(C)(C)O[C@@H]1C=O.COPC[C@H](C)[C@H](C)C=C(Br)Br.[3H]C. The zero-order valence-corrected chi connectivity index (χ0v) is 52.0. The number of carbonyl (C=O) groups excluding carboxylic acids is 1. The molecule has 3 rings (SSSR count). The molecule has 12 nitrogen and oxygen atoms in total. The highest BCUT2D eigenvalue weighted by Gasteiger charge is 2.45. The van der Waals surface area contributed by atoms with Crippen LogP contribution >= 0.6 is 58.3 Å². The van der Waals surface area contributed by atoms with Crippen LogP contribution in [0, 0.1) is 59.2 Å². The van der Waals surface area contributed by atoms with Crippen LogP contribution in [0.25, 0.3) is 0 Å². The Morgan fingerprint density at radius 1 is 0.609 bits per heavy atom. The Bertz CT molecular complexity index is 1450. The Hall–Kier alpha value is 0.340. The van der Waals surface area contributed by atoms with Gasteiger partial charge in [-0.1, -0.05) is 119 Å².